The van der Waals surface area contributed by atoms with Gasteiger partial charge in [0, 0.05) is 25.1 Å². The van der Waals surface area contributed by atoms with E-state index in [1.54, 1.807) is 6.20 Å². The average Bonchev–Trinajstić information content (AvgIpc) is 3.07. The standard InChI is InChI=1S/C23H27N3O6/c1-14-16(15-5-3-2-4-6-15)7-10-24-17(14)13-26-19(28)8-11-25(23(26)31)22-21(30)20(29)18(32-22)9-12-27/h3,5-8,10-11,18,20-22,27,29-30H,2,4,9,12-13H2,1H3. The average molecular weight is 441 g/mol. The highest BCUT2D eigenvalue weighted by molar-refractivity contribution is 5.76. The van der Waals surface area contributed by atoms with Crippen molar-refractivity contribution in [3.63, 3.8) is 0 Å². The van der Waals surface area contributed by atoms with Gasteiger partial charge in [0.2, 0.25) is 0 Å². The molecule has 1 saturated heterocycles. The van der Waals surface area contributed by atoms with Crippen LogP contribution in [0.4, 0.5) is 0 Å². The Bertz CT molecular complexity index is 1170. The maximum Gasteiger partial charge on any atom is 0.333 e. The molecule has 2 aliphatic rings. The van der Waals surface area contributed by atoms with E-state index in [0.717, 1.165) is 38.7 Å². The van der Waals surface area contributed by atoms with Gasteiger partial charge in [-0.3, -0.25) is 18.9 Å². The number of hydrogen-bond acceptors (Lipinski definition) is 7. The maximum atomic E-state index is 13.1. The molecule has 1 fully saturated rings. The summed E-state index contributed by atoms with van der Waals surface area (Å²) in [5.74, 6) is 0. The van der Waals surface area contributed by atoms with E-state index >= 15 is 0 Å². The van der Waals surface area contributed by atoms with Gasteiger partial charge in [-0.2, -0.15) is 0 Å². The van der Waals surface area contributed by atoms with Crippen molar-refractivity contribution in [2.75, 3.05) is 6.61 Å². The molecule has 4 rings (SSSR count). The first-order valence-corrected chi connectivity index (χ1v) is 10.7. The van der Waals surface area contributed by atoms with Crippen LogP contribution in [0, 0.1) is 6.92 Å². The van der Waals surface area contributed by atoms with E-state index in [4.69, 9.17) is 9.84 Å². The second-order valence-corrected chi connectivity index (χ2v) is 8.06. The molecular weight excluding hydrogens is 414 g/mol. The molecule has 9 nitrogen and oxygen atoms in total. The SMILES string of the molecule is Cc1c(C2=CCCC=C2)ccnc1Cn1c(=O)ccn(C2OC(CCO)C(O)C2O)c1=O. The minimum absolute atomic E-state index is 0.0411. The first-order valence-electron chi connectivity index (χ1n) is 10.7. The molecule has 0 spiro atoms. The Kier molecular flexibility index (Phi) is 6.52. The van der Waals surface area contributed by atoms with Gasteiger partial charge in [-0.25, -0.2) is 4.79 Å². The number of allylic oxidation sites excluding steroid dienone is 4. The minimum atomic E-state index is -1.37. The van der Waals surface area contributed by atoms with E-state index in [9.17, 15) is 19.8 Å². The molecule has 32 heavy (non-hydrogen) atoms. The summed E-state index contributed by atoms with van der Waals surface area (Å²) in [6.07, 6.45) is 6.70. The highest BCUT2D eigenvalue weighted by atomic mass is 16.6. The molecule has 0 bridgehead atoms. The molecule has 4 atom stereocenters. The van der Waals surface area contributed by atoms with Crippen LogP contribution in [0.3, 0.4) is 0 Å². The van der Waals surface area contributed by atoms with E-state index in [1.807, 2.05) is 13.0 Å². The van der Waals surface area contributed by atoms with Gasteiger partial charge in [0.15, 0.2) is 6.23 Å². The van der Waals surface area contributed by atoms with Crippen LogP contribution in [0.25, 0.3) is 5.57 Å². The summed E-state index contributed by atoms with van der Waals surface area (Å²) in [5.41, 5.74) is 2.37. The lowest BCUT2D eigenvalue weighted by Crippen LogP contribution is -2.43. The van der Waals surface area contributed by atoms with Crippen LogP contribution in [-0.4, -0.2) is 54.4 Å². The second kappa shape index (κ2) is 9.33. The lowest BCUT2D eigenvalue weighted by molar-refractivity contribution is -0.0458. The van der Waals surface area contributed by atoms with Crippen molar-refractivity contribution in [2.45, 2.75) is 57.3 Å². The Morgan fingerprint density at radius 3 is 2.72 bits per heavy atom. The normalized spacial score (nSPS) is 25.2. The molecular formula is C23H27N3O6. The molecule has 4 unspecified atom stereocenters. The highest BCUT2D eigenvalue weighted by Gasteiger charge is 2.43. The van der Waals surface area contributed by atoms with Crippen molar-refractivity contribution in [3.8, 4) is 0 Å². The first kappa shape index (κ1) is 22.3. The summed E-state index contributed by atoms with van der Waals surface area (Å²) in [6.45, 7) is 1.64. The minimum Gasteiger partial charge on any atom is -0.396 e. The van der Waals surface area contributed by atoms with Crippen molar-refractivity contribution < 1.29 is 20.1 Å². The molecule has 2 aromatic rings. The van der Waals surface area contributed by atoms with Crippen LogP contribution in [-0.2, 0) is 11.3 Å². The molecule has 0 radical (unpaired) electrons. The fourth-order valence-electron chi connectivity index (χ4n) is 4.21. The van der Waals surface area contributed by atoms with Crippen molar-refractivity contribution >= 4 is 5.57 Å². The second-order valence-electron chi connectivity index (χ2n) is 8.06. The Hall–Kier alpha value is -2.85. The monoisotopic (exact) mass is 441 g/mol. The van der Waals surface area contributed by atoms with E-state index in [1.165, 1.54) is 12.3 Å². The summed E-state index contributed by atoms with van der Waals surface area (Å²) >= 11 is 0. The quantitative estimate of drug-likeness (QED) is 0.596. The number of aromatic nitrogens is 3. The molecule has 2 aromatic heterocycles. The summed E-state index contributed by atoms with van der Waals surface area (Å²) in [4.78, 5) is 30.1. The first-order chi connectivity index (χ1) is 15.4. The van der Waals surface area contributed by atoms with Crippen molar-refractivity contribution in [1.29, 1.82) is 0 Å². The predicted octanol–water partition coefficient (Wildman–Crippen LogP) is 0.497. The largest absolute Gasteiger partial charge is 0.396 e. The Morgan fingerprint density at radius 2 is 2.00 bits per heavy atom. The van der Waals surface area contributed by atoms with E-state index in [0.29, 0.717) is 5.69 Å². The van der Waals surface area contributed by atoms with Gasteiger partial charge < -0.3 is 20.1 Å². The third kappa shape index (κ3) is 4.12. The molecule has 3 heterocycles. The third-order valence-corrected chi connectivity index (χ3v) is 6.04. The van der Waals surface area contributed by atoms with Gasteiger partial charge >= 0.3 is 5.69 Å². The summed E-state index contributed by atoms with van der Waals surface area (Å²) < 4.78 is 7.75. The molecule has 0 amide bonds. The molecule has 9 heteroatoms. The van der Waals surface area contributed by atoms with E-state index in [-0.39, 0.29) is 19.6 Å². The molecule has 1 aliphatic heterocycles. The number of nitrogens with zero attached hydrogens (tertiary/aromatic N) is 3. The Labute approximate surface area is 184 Å². The number of pyridine rings is 1. The Balaban J connectivity index is 1.68. The Morgan fingerprint density at radius 1 is 1.19 bits per heavy atom. The number of aliphatic hydroxyl groups is 3. The van der Waals surface area contributed by atoms with Crippen LogP contribution in [0.15, 0.2) is 52.3 Å². The fourth-order valence-corrected chi connectivity index (χ4v) is 4.21. The molecule has 3 N–H and O–H groups in total. The van der Waals surface area contributed by atoms with Crippen LogP contribution < -0.4 is 11.2 Å². The summed E-state index contributed by atoms with van der Waals surface area (Å²) in [7, 11) is 0. The predicted molar refractivity (Wildman–Crippen MR) is 117 cm³/mol. The van der Waals surface area contributed by atoms with Gasteiger partial charge in [-0.15, -0.1) is 0 Å². The molecule has 1 aliphatic carbocycles. The number of hydrogen-bond donors (Lipinski definition) is 3. The topological polar surface area (TPSA) is 127 Å². The van der Waals surface area contributed by atoms with E-state index in [2.05, 4.69) is 23.2 Å². The third-order valence-electron chi connectivity index (χ3n) is 6.04. The van der Waals surface area contributed by atoms with Gasteiger partial charge in [0.1, 0.15) is 12.2 Å². The number of ether oxygens (including phenoxy) is 1. The van der Waals surface area contributed by atoms with Crippen LogP contribution in [0.1, 0.15) is 42.3 Å². The van der Waals surface area contributed by atoms with Gasteiger partial charge in [-0.1, -0.05) is 18.2 Å². The zero-order valence-corrected chi connectivity index (χ0v) is 17.8. The molecule has 0 saturated carbocycles. The summed E-state index contributed by atoms with van der Waals surface area (Å²) in [5, 5.41) is 29.7. The number of aliphatic hydroxyl groups excluding tert-OH is 3. The lowest BCUT2D eigenvalue weighted by Gasteiger charge is -2.19. The fraction of sp³-hybridized carbons (Fsp3) is 0.435. The molecule has 0 aromatic carbocycles. The van der Waals surface area contributed by atoms with Crippen LogP contribution in [0.5, 0.6) is 0 Å². The van der Waals surface area contributed by atoms with Crippen LogP contribution >= 0.6 is 0 Å². The van der Waals surface area contributed by atoms with Gasteiger partial charge in [0.25, 0.3) is 5.56 Å². The van der Waals surface area contributed by atoms with Crippen molar-refractivity contribution in [3.05, 3.63) is 80.4 Å². The maximum absolute atomic E-state index is 13.1. The molecule has 170 valence electrons. The van der Waals surface area contributed by atoms with Gasteiger partial charge in [-0.05, 0) is 49.0 Å². The van der Waals surface area contributed by atoms with Gasteiger partial charge in [0.05, 0.1) is 18.3 Å². The highest BCUT2D eigenvalue weighted by Crippen LogP contribution is 2.30. The zero-order chi connectivity index (χ0) is 22.8. The summed E-state index contributed by atoms with van der Waals surface area (Å²) in [6, 6.07) is 3.13. The zero-order valence-electron chi connectivity index (χ0n) is 17.8. The van der Waals surface area contributed by atoms with E-state index < -0.39 is 35.8 Å². The van der Waals surface area contributed by atoms with Crippen molar-refractivity contribution in [2.24, 2.45) is 0 Å². The smallest absolute Gasteiger partial charge is 0.333 e. The number of rotatable bonds is 6. The van der Waals surface area contributed by atoms with Crippen molar-refractivity contribution in [1.82, 2.24) is 14.1 Å². The lowest BCUT2D eigenvalue weighted by atomic mass is 9.95. The van der Waals surface area contributed by atoms with Crippen LogP contribution in [0.2, 0.25) is 0 Å².